The molecule has 5 aromatic rings. The minimum atomic E-state index is -4.18. The Hall–Kier alpha value is -4.84. The van der Waals surface area contributed by atoms with Gasteiger partial charge in [0.1, 0.15) is 12.1 Å². The van der Waals surface area contributed by atoms with Gasteiger partial charge in [-0.1, -0.05) is 52.0 Å². The van der Waals surface area contributed by atoms with E-state index in [1.807, 2.05) is 39.1 Å². The second kappa shape index (κ2) is 12.2. The Morgan fingerprint density at radius 1 is 1.00 bits per heavy atom. The van der Waals surface area contributed by atoms with E-state index in [2.05, 4.69) is 53.0 Å². The number of aryl methyl sites for hydroxylation is 3. The van der Waals surface area contributed by atoms with Gasteiger partial charge in [0.15, 0.2) is 5.65 Å². The van der Waals surface area contributed by atoms with Crippen LogP contribution in [0.5, 0.6) is 5.88 Å². The highest BCUT2D eigenvalue weighted by Gasteiger charge is 2.42. The number of anilines is 1. The lowest BCUT2D eigenvalue weighted by molar-refractivity contribution is 0.0537. The van der Waals surface area contributed by atoms with Crippen molar-refractivity contribution in [2.24, 2.45) is 12.5 Å². The number of nitrogens with zero attached hydrogens (tertiary/aromatic N) is 6. The summed E-state index contributed by atoms with van der Waals surface area (Å²) in [7, 11) is -2.19. The molecule has 11 nitrogen and oxygen atoms in total. The second-order valence-electron chi connectivity index (χ2n) is 15.1. The van der Waals surface area contributed by atoms with Gasteiger partial charge >= 0.3 is 0 Å². The predicted molar refractivity (Wildman–Crippen MR) is 193 cm³/mol. The molecule has 4 bridgehead atoms. The van der Waals surface area contributed by atoms with Crippen LogP contribution in [0.4, 0.5) is 5.95 Å². The van der Waals surface area contributed by atoms with Crippen LogP contribution in [0.3, 0.4) is 0 Å². The van der Waals surface area contributed by atoms with Gasteiger partial charge in [-0.2, -0.15) is 4.98 Å². The quantitative estimate of drug-likeness (QED) is 0.214. The molecule has 1 saturated carbocycles. The fraction of sp³-hybridized carbons (Fsp3) is 0.395. The molecule has 1 N–H and O–H groups in total. The molecule has 1 aliphatic carbocycles. The first kappa shape index (κ1) is 33.6. The maximum absolute atomic E-state index is 14.6. The van der Waals surface area contributed by atoms with E-state index in [4.69, 9.17) is 14.7 Å². The first-order chi connectivity index (χ1) is 23.6. The van der Waals surface area contributed by atoms with E-state index in [0.29, 0.717) is 17.8 Å². The van der Waals surface area contributed by atoms with Crippen LogP contribution in [-0.4, -0.2) is 56.4 Å². The highest BCUT2D eigenvalue weighted by atomic mass is 32.2. The molecule has 0 radical (unpaired) electrons. The Labute approximate surface area is 293 Å². The molecule has 0 unspecified atom stereocenters. The number of carbonyl (C=O) groups excluding carboxylic acids is 1. The van der Waals surface area contributed by atoms with Gasteiger partial charge in [0.2, 0.25) is 11.8 Å². The highest BCUT2D eigenvalue weighted by molar-refractivity contribution is 7.92. The van der Waals surface area contributed by atoms with Crippen molar-refractivity contribution in [1.29, 1.82) is 0 Å². The van der Waals surface area contributed by atoms with E-state index in [0.717, 1.165) is 46.4 Å². The largest absolute Gasteiger partial charge is 0.475 e. The monoisotopic (exact) mass is 693 g/mol. The molecular formula is C38H43N7O4S. The molecule has 1 amide bonds. The summed E-state index contributed by atoms with van der Waals surface area (Å²) in [6.45, 7) is 12.9. The summed E-state index contributed by atoms with van der Waals surface area (Å²) in [5.74, 6) is -0.226. The molecule has 2 aromatic carbocycles. The van der Waals surface area contributed by atoms with Crippen LogP contribution < -0.4 is 9.46 Å². The zero-order valence-electron chi connectivity index (χ0n) is 29.6. The molecule has 4 heterocycles. The third-order valence-corrected chi connectivity index (χ3v) is 11.2. The second-order valence-corrected chi connectivity index (χ2v) is 16.8. The number of sulfonamides is 1. The van der Waals surface area contributed by atoms with Gasteiger partial charge < -0.3 is 14.2 Å². The lowest BCUT2D eigenvalue weighted by atomic mass is 9.92. The maximum Gasteiger partial charge on any atom is 0.264 e. The average molecular weight is 694 g/mol. The van der Waals surface area contributed by atoms with Crippen LogP contribution >= 0.6 is 0 Å². The Morgan fingerprint density at radius 3 is 2.42 bits per heavy atom. The SMILES string of the molecule is Cc1cccc(C)c1-c1cc2nc(n1)NS(=O)(=O)c1cccc(c1)C(=O)N(Cc1cnc3cc(C(C)(C)C)n(C)c3n1)[C@H](CC1(C)CC1)CO2. The minimum Gasteiger partial charge on any atom is -0.475 e. The third-order valence-electron chi connectivity index (χ3n) is 9.90. The summed E-state index contributed by atoms with van der Waals surface area (Å²) < 4.78 is 38.5. The maximum atomic E-state index is 14.6. The molecule has 7 rings (SSSR count). The van der Waals surface area contributed by atoms with Crippen LogP contribution in [0.25, 0.3) is 22.4 Å². The van der Waals surface area contributed by atoms with Crippen molar-refractivity contribution >= 4 is 33.0 Å². The van der Waals surface area contributed by atoms with Crippen molar-refractivity contribution in [3.05, 3.63) is 88.9 Å². The van der Waals surface area contributed by atoms with Crippen LogP contribution in [0, 0.1) is 19.3 Å². The standard InChI is InChI=1S/C38H43N7O4S/c1-23-10-8-11-24(2)33(23)29-18-32-42-36(41-29)43-50(47,48)28-13-9-12-25(16-28)35(46)45(27(22-49-32)19-38(6)14-15-38)21-26-20-39-30-17-31(37(3,4)5)44(7)34(30)40-26/h8-13,16-18,20,27H,14-15,19,21-22H2,1-7H3,(H,41,42,43)/t27-/m1/s1. The molecule has 0 spiro atoms. The lowest BCUT2D eigenvalue weighted by Crippen LogP contribution is -2.44. The zero-order valence-corrected chi connectivity index (χ0v) is 30.4. The molecule has 12 heteroatoms. The first-order valence-electron chi connectivity index (χ1n) is 16.9. The summed E-state index contributed by atoms with van der Waals surface area (Å²) in [6, 6.07) is 15.4. The van der Waals surface area contributed by atoms with Gasteiger partial charge in [-0.3, -0.25) is 9.78 Å². The number of rotatable bonds is 5. The molecular weight excluding hydrogens is 651 g/mol. The molecule has 2 aliphatic rings. The van der Waals surface area contributed by atoms with Crippen molar-refractivity contribution in [3.8, 4) is 17.1 Å². The normalized spacial score (nSPS) is 18.4. The van der Waals surface area contributed by atoms with E-state index in [9.17, 15) is 13.2 Å². The number of ether oxygens (including phenoxy) is 1. The fourth-order valence-corrected chi connectivity index (χ4v) is 7.90. The molecule has 1 fully saturated rings. The number of aromatic nitrogens is 5. The van der Waals surface area contributed by atoms with Crippen LogP contribution in [0.1, 0.15) is 79.8 Å². The van der Waals surface area contributed by atoms with E-state index >= 15 is 0 Å². The number of benzene rings is 2. The summed E-state index contributed by atoms with van der Waals surface area (Å²) in [5.41, 5.74) is 6.79. The number of amides is 1. The van der Waals surface area contributed by atoms with E-state index < -0.39 is 10.0 Å². The number of hydrogen-bond donors (Lipinski definition) is 1. The lowest BCUT2D eigenvalue weighted by Gasteiger charge is -2.33. The summed E-state index contributed by atoms with van der Waals surface area (Å²) >= 11 is 0. The van der Waals surface area contributed by atoms with Crippen LogP contribution in [0.2, 0.25) is 0 Å². The molecule has 1 atom stereocenters. The van der Waals surface area contributed by atoms with Gasteiger partial charge in [-0.15, -0.1) is 0 Å². The van der Waals surface area contributed by atoms with Crippen LogP contribution in [0.15, 0.2) is 65.7 Å². The minimum absolute atomic E-state index is 0.0445. The van der Waals surface area contributed by atoms with Gasteiger partial charge in [0.05, 0.1) is 35.1 Å². The molecule has 1 aliphatic heterocycles. The molecule has 50 heavy (non-hydrogen) atoms. The molecule has 260 valence electrons. The van der Waals surface area contributed by atoms with Crippen molar-refractivity contribution < 1.29 is 17.9 Å². The first-order valence-corrected chi connectivity index (χ1v) is 18.4. The number of nitrogens with one attached hydrogen (secondary N) is 1. The van der Waals surface area contributed by atoms with Gasteiger partial charge in [-0.05, 0) is 73.9 Å². The Balaban J connectivity index is 1.35. The van der Waals surface area contributed by atoms with Crippen molar-refractivity contribution in [1.82, 2.24) is 29.4 Å². The fourth-order valence-electron chi connectivity index (χ4n) is 6.91. The topological polar surface area (TPSA) is 132 Å². The van der Waals surface area contributed by atoms with Gasteiger partial charge in [-0.25, -0.2) is 23.1 Å². The Kier molecular flexibility index (Phi) is 8.20. The smallest absolute Gasteiger partial charge is 0.264 e. The third kappa shape index (κ3) is 6.56. The van der Waals surface area contributed by atoms with Crippen molar-refractivity contribution in [3.63, 3.8) is 0 Å². The summed E-state index contributed by atoms with van der Waals surface area (Å²) in [6.07, 6.45) is 4.49. The zero-order chi connectivity index (χ0) is 35.6. The Bertz CT molecular complexity index is 2230. The number of hydrogen-bond acceptors (Lipinski definition) is 8. The highest BCUT2D eigenvalue weighted by Crippen LogP contribution is 2.49. The number of fused-ring (bicyclic) bond motifs is 5. The molecule has 3 aromatic heterocycles. The van der Waals surface area contributed by atoms with Crippen molar-refractivity contribution in [2.45, 2.75) is 83.7 Å². The van der Waals surface area contributed by atoms with Crippen LogP contribution in [-0.2, 0) is 29.0 Å². The van der Waals surface area contributed by atoms with E-state index in [1.165, 1.54) is 12.1 Å². The van der Waals surface area contributed by atoms with Gasteiger partial charge in [0, 0.05) is 35.3 Å². The average Bonchev–Trinajstić information content (AvgIpc) is 3.69. The summed E-state index contributed by atoms with van der Waals surface area (Å²) in [4.78, 5) is 35.2. The summed E-state index contributed by atoms with van der Waals surface area (Å²) in [5, 5.41) is 0. The van der Waals surface area contributed by atoms with E-state index in [1.54, 1.807) is 29.3 Å². The molecule has 0 saturated heterocycles. The van der Waals surface area contributed by atoms with E-state index in [-0.39, 0.29) is 58.2 Å². The Morgan fingerprint density at radius 2 is 1.72 bits per heavy atom. The van der Waals surface area contributed by atoms with Gasteiger partial charge in [0.25, 0.3) is 15.9 Å². The van der Waals surface area contributed by atoms with Crippen molar-refractivity contribution in [2.75, 3.05) is 11.3 Å². The number of carbonyl (C=O) groups is 1. The predicted octanol–water partition coefficient (Wildman–Crippen LogP) is 6.73.